The van der Waals surface area contributed by atoms with Crippen LogP contribution in [0.4, 0.5) is 30.6 Å². The second-order valence-electron chi connectivity index (χ2n) is 8.13. The zero-order chi connectivity index (χ0) is 30.7. The van der Waals surface area contributed by atoms with Gasteiger partial charge in [0.1, 0.15) is 34.4 Å². The van der Waals surface area contributed by atoms with E-state index in [1.807, 2.05) is 6.07 Å². The molecule has 0 saturated carbocycles. The van der Waals surface area contributed by atoms with E-state index in [0.29, 0.717) is 12.3 Å². The molecular formula is C22H20F3N8O7P. The Kier molecular flexibility index (Phi) is 8.79. The van der Waals surface area contributed by atoms with Crippen LogP contribution in [0.15, 0.2) is 41.6 Å². The van der Waals surface area contributed by atoms with Gasteiger partial charge in [-0.25, -0.2) is 14.5 Å². The van der Waals surface area contributed by atoms with Crippen LogP contribution in [0.5, 0.6) is 11.5 Å². The van der Waals surface area contributed by atoms with Gasteiger partial charge in [0.05, 0.1) is 11.8 Å². The van der Waals surface area contributed by atoms with Gasteiger partial charge in [-0.15, -0.1) is 0 Å². The van der Waals surface area contributed by atoms with Crippen LogP contribution in [0.2, 0.25) is 0 Å². The van der Waals surface area contributed by atoms with Gasteiger partial charge in [-0.1, -0.05) is 0 Å². The molecule has 0 aliphatic rings. The number of aromatic nitrogens is 5. The van der Waals surface area contributed by atoms with E-state index in [1.54, 1.807) is 0 Å². The molecule has 0 aliphatic heterocycles. The van der Waals surface area contributed by atoms with Gasteiger partial charge in [0.25, 0.3) is 5.56 Å². The summed E-state index contributed by atoms with van der Waals surface area (Å²) in [6.45, 7) is 1.32. The highest BCUT2D eigenvalue weighted by molar-refractivity contribution is 7.45. The first-order chi connectivity index (χ1) is 19.0. The van der Waals surface area contributed by atoms with Crippen molar-refractivity contribution in [3.63, 3.8) is 0 Å². The number of pyridine rings is 3. The Morgan fingerprint density at radius 2 is 1.85 bits per heavy atom. The molecular weight excluding hydrogens is 576 g/mol. The maximum atomic E-state index is 13.2. The average molecular weight is 596 g/mol. The number of carbonyl (C=O) groups is 1. The Bertz CT molecular complexity index is 1770. The molecule has 0 unspecified atom stereocenters. The van der Waals surface area contributed by atoms with Gasteiger partial charge < -0.3 is 39.2 Å². The van der Waals surface area contributed by atoms with Crippen LogP contribution in [0.25, 0.3) is 11.2 Å². The number of hydrogen-bond acceptors (Lipinski definition) is 9. The van der Waals surface area contributed by atoms with E-state index in [0.717, 1.165) is 4.57 Å². The second-order valence-corrected chi connectivity index (χ2v) is 9.16. The molecule has 0 bridgehead atoms. The smallest absolute Gasteiger partial charge is 0.454 e. The van der Waals surface area contributed by atoms with Crippen molar-refractivity contribution in [3.8, 4) is 17.6 Å². The first-order valence-electron chi connectivity index (χ1n) is 11.0. The first kappa shape index (κ1) is 30.7. The van der Waals surface area contributed by atoms with Gasteiger partial charge in [-0.05, 0) is 12.1 Å². The topological polar surface area (TPSA) is 218 Å². The maximum absolute atomic E-state index is 13.2. The molecule has 4 aromatic rings. The average Bonchev–Trinajstić information content (AvgIpc) is 3.15. The van der Waals surface area contributed by atoms with E-state index in [9.17, 15) is 28.0 Å². The summed E-state index contributed by atoms with van der Waals surface area (Å²) in [5.74, 6) is 0.224. The van der Waals surface area contributed by atoms with E-state index in [2.05, 4.69) is 25.6 Å². The van der Waals surface area contributed by atoms with Crippen molar-refractivity contribution < 1.29 is 41.9 Å². The number of alkyl halides is 3. The van der Waals surface area contributed by atoms with Crippen LogP contribution in [0.3, 0.4) is 0 Å². The molecule has 4 rings (SSSR count). The normalized spacial score (nSPS) is 11.3. The van der Waals surface area contributed by atoms with Gasteiger partial charge in [-0.2, -0.15) is 23.4 Å². The fourth-order valence-electron chi connectivity index (χ4n) is 3.38. The first-order valence-corrected chi connectivity index (χ1v) is 12.5. The number of amides is 1. The van der Waals surface area contributed by atoms with Crippen molar-refractivity contribution in [2.75, 3.05) is 10.6 Å². The number of phosphoric acid groups is 1. The summed E-state index contributed by atoms with van der Waals surface area (Å²) < 4.78 is 56.5. The number of carbonyl (C=O) groups excluding carboxylic acids is 1. The highest BCUT2D eigenvalue weighted by Crippen LogP contribution is 2.33. The SMILES string of the molecule is CC(=O)Nc1cc(Oc2cnc3nc(Nc4cc(C(F)(F)F)cn(C)c4=O)n(C)c3c2C#N)ccn1.O=P(O)(O)O. The Hall–Kier alpha value is -4.82. The van der Waals surface area contributed by atoms with Crippen LogP contribution >= 0.6 is 7.82 Å². The summed E-state index contributed by atoms with van der Waals surface area (Å²) in [6.07, 6.45) is -1.31. The third-order valence-electron chi connectivity index (χ3n) is 5.00. The summed E-state index contributed by atoms with van der Waals surface area (Å²) in [5, 5.41) is 15.0. The maximum Gasteiger partial charge on any atom is 0.466 e. The predicted octanol–water partition coefficient (Wildman–Crippen LogP) is 2.52. The Morgan fingerprint density at radius 1 is 1.20 bits per heavy atom. The lowest BCUT2D eigenvalue weighted by molar-refractivity contribution is -0.138. The molecule has 0 fully saturated rings. The summed E-state index contributed by atoms with van der Waals surface area (Å²) >= 11 is 0. The quantitative estimate of drug-likeness (QED) is 0.210. The number of aryl methyl sites for hydroxylation is 2. The minimum Gasteiger partial charge on any atom is -0.454 e. The highest BCUT2D eigenvalue weighted by atomic mass is 31.2. The third kappa shape index (κ3) is 7.86. The summed E-state index contributed by atoms with van der Waals surface area (Å²) in [6, 6.07) is 5.67. The van der Waals surface area contributed by atoms with Crippen molar-refractivity contribution in [2.45, 2.75) is 13.1 Å². The van der Waals surface area contributed by atoms with Gasteiger partial charge >= 0.3 is 14.0 Å². The van der Waals surface area contributed by atoms with Crippen molar-refractivity contribution in [1.29, 1.82) is 5.26 Å². The van der Waals surface area contributed by atoms with E-state index in [4.69, 9.17) is 24.0 Å². The van der Waals surface area contributed by atoms with Gasteiger partial charge in [0.15, 0.2) is 11.4 Å². The van der Waals surface area contributed by atoms with Crippen LogP contribution < -0.4 is 20.9 Å². The minimum atomic E-state index is -4.66. The standard InChI is InChI=1S/C22H17F3N8O3.H3O4P/c1-11(34)29-17-7-13(4-5-27-17)36-16-9-28-19-18(14(16)8-26)33(3)21(31-19)30-15-6-12(22(23,24)25)10-32(2)20(15)35;1-5(2,3)4/h4-7,9-10H,1-3H3,(H,27,29,34)(H,28,30,31);(H3,1,2,3,4). The lowest BCUT2D eigenvalue weighted by Gasteiger charge is -2.12. The van der Waals surface area contributed by atoms with E-state index < -0.39 is 25.1 Å². The largest absolute Gasteiger partial charge is 0.466 e. The summed E-state index contributed by atoms with van der Waals surface area (Å²) in [5.41, 5.74) is -1.73. The number of imidazole rings is 1. The Labute approximate surface area is 227 Å². The molecule has 15 nitrogen and oxygen atoms in total. The molecule has 1 amide bonds. The lowest BCUT2D eigenvalue weighted by Crippen LogP contribution is -2.23. The Morgan fingerprint density at radius 3 is 2.44 bits per heavy atom. The molecule has 0 saturated heterocycles. The molecule has 0 aliphatic carbocycles. The molecule has 19 heteroatoms. The van der Waals surface area contributed by atoms with Gasteiger partial charge in [0, 0.05) is 39.5 Å². The monoisotopic (exact) mass is 596 g/mol. The van der Waals surface area contributed by atoms with E-state index >= 15 is 0 Å². The fraction of sp³-hybridized carbons (Fsp3) is 0.182. The molecule has 0 aromatic carbocycles. The number of fused-ring (bicyclic) bond motifs is 1. The number of ether oxygens (including phenoxy) is 1. The third-order valence-corrected chi connectivity index (χ3v) is 5.00. The number of halogens is 3. The number of nitriles is 1. The lowest BCUT2D eigenvalue weighted by atomic mass is 10.2. The second kappa shape index (κ2) is 11.7. The van der Waals surface area contributed by atoms with Crippen LogP contribution in [0.1, 0.15) is 18.1 Å². The van der Waals surface area contributed by atoms with Gasteiger partial charge in [-0.3, -0.25) is 9.59 Å². The van der Waals surface area contributed by atoms with E-state index in [1.165, 1.54) is 50.1 Å². The Balaban J connectivity index is 0.000000850. The van der Waals surface area contributed by atoms with Crippen molar-refractivity contribution in [1.82, 2.24) is 24.1 Å². The zero-order valence-corrected chi connectivity index (χ0v) is 22.1. The molecule has 4 aromatic heterocycles. The minimum absolute atomic E-state index is 0.0144. The highest BCUT2D eigenvalue weighted by Gasteiger charge is 2.32. The number of nitrogens with one attached hydrogen (secondary N) is 2. The molecule has 216 valence electrons. The molecule has 5 N–H and O–H groups in total. The molecule has 0 atom stereocenters. The van der Waals surface area contributed by atoms with Crippen molar-refractivity contribution in [2.24, 2.45) is 14.1 Å². The number of rotatable bonds is 5. The summed E-state index contributed by atoms with van der Waals surface area (Å²) in [7, 11) is -1.93. The van der Waals surface area contributed by atoms with Crippen LogP contribution in [0, 0.1) is 11.3 Å². The zero-order valence-electron chi connectivity index (χ0n) is 21.2. The van der Waals surface area contributed by atoms with Crippen LogP contribution in [-0.2, 0) is 29.6 Å². The van der Waals surface area contributed by atoms with E-state index in [-0.39, 0.29) is 51.6 Å². The summed E-state index contributed by atoms with van der Waals surface area (Å²) in [4.78, 5) is 57.7. The molecule has 4 heterocycles. The fourth-order valence-corrected chi connectivity index (χ4v) is 3.38. The molecule has 41 heavy (non-hydrogen) atoms. The molecule has 0 spiro atoms. The molecule has 0 radical (unpaired) electrons. The number of anilines is 3. The van der Waals surface area contributed by atoms with Crippen molar-refractivity contribution >= 4 is 42.3 Å². The predicted molar refractivity (Wildman–Crippen MR) is 136 cm³/mol. The van der Waals surface area contributed by atoms with Crippen LogP contribution in [-0.4, -0.2) is 44.7 Å². The van der Waals surface area contributed by atoms with Crippen molar-refractivity contribution in [3.05, 3.63) is 58.3 Å². The van der Waals surface area contributed by atoms with Gasteiger partial charge in [0.2, 0.25) is 11.9 Å². The number of nitrogens with zero attached hydrogens (tertiary/aromatic N) is 6. The number of hydrogen-bond donors (Lipinski definition) is 5.